The maximum Gasteiger partial charge on any atom is 0.201 e. The van der Waals surface area contributed by atoms with Crippen molar-refractivity contribution in [1.82, 2.24) is 0 Å². The minimum absolute atomic E-state index is 0.187. The first-order valence-electron chi connectivity index (χ1n) is 5.29. The maximum atomic E-state index is 13.4. The quantitative estimate of drug-likeness (QED) is 0.770. The van der Waals surface area contributed by atoms with E-state index in [4.69, 9.17) is 4.74 Å². The van der Waals surface area contributed by atoms with Crippen molar-refractivity contribution in [2.45, 2.75) is 6.92 Å². The Morgan fingerprint density at radius 1 is 1.17 bits per heavy atom. The molecule has 0 radical (unpaired) electrons. The zero-order valence-electron chi connectivity index (χ0n) is 9.61. The molecule has 0 aliphatic carbocycles. The van der Waals surface area contributed by atoms with E-state index in [1.807, 2.05) is 0 Å². The van der Waals surface area contributed by atoms with Crippen molar-refractivity contribution in [3.8, 4) is 11.5 Å². The molecule has 2 nitrogen and oxygen atoms in total. The van der Waals surface area contributed by atoms with E-state index in [2.05, 4.69) is 0 Å². The van der Waals surface area contributed by atoms with Crippen molar-refractivity contribution in [2.24, 2.45) is 0 Å². The fraction of sp³-hybridized carbons (Fsp3) is 0.0714. The molecule has 0 atom stereocenters. The van der Waals surface area contributed by atoms with E-state index in [9.17, 15) is 13.6 Å². The molecule has 4 heteroatoms. The van der Waals surface area contributed by atoms with Crippen LogP contribution in [0.4, 0.5) is 8.78 Å². The molecular formula is C14H10F2O2. The lowest BCUT2D eigenvalue weighted by Crippen LogP contribution is -1.93. The predicted octanol–water partition coefficient (Wildman–Crippen LogP) is 3.88. The first-order valence-corrected chi connectivity index (χ1v) is 5.29. The lowest BCUT2D eigenvalue weighted by molar-refractivity contribution is 0.112. The topological polar surface area (TPSA) is 26.3 Å². The van der Waals surface area contributed by atoms with Gasteiger partial charge in [0.05, 0.1) is 0 Å². The van der Waals surface area contributed by atoms with E-state index in [1.165, 1.54) is 18.2 Å². The number of aryl methyl sites for hydroxylation is 1. The third kappa shape index (κ3) is 2.37. The molecule has 0 heterocycles. The van der Waals surface area contributed by atoms with Crippen molar-refractivity contribution in [3.05, 3.63) is 59.2 Å². The number of hydrogen-bond donors (Lipinski definition) is 0. The van der Waals surface area contributed by atoms with Crippen LogP contribution in [0.2, 0.25) is 0 Å². The first-order chi connectivity index (χ1) is 8.61. The Morgan fingerprint density at radius 3 is 2.61 bits per heavy atom. The standard InChI is InChI=1S/C14H10F2O2/c1-9-7-11(6-5-10(9)8-17)18-13-4-2-3-12(15)14(13)16/h2-8H,1H3. The third-order valence-electron chi connectivity index (χ3n) is 2.51. The molecule has 0 fully saturated rings. The first kappa shape index (κ1) is 12.2. The Morgan fingerprint density at radius 2 is 1.94 bits per heavy atom. The fourth-order valence-electron chi connectivity index (χ4n) is 1.53. The van der Waals surface area contributed by atoms with Crippen LogP contribution in [0.25, 0.3) is 0 Å². The van der Waals surface area contributed by atoms with Gasteiger partial charge in [0, 0.05) is 5.56 Å². The van der Waals surface area contributed by atoms with Gasteiger partial charge < -0.3 is 4.74 Å². The second kappa shape index (κ2) is 4.96. The second-order valence-corrected chi connectivity index (χ2v) is 3.79. The summed E-state index contributed by atoms with van der Waals surface area (Å²) in [5.74, 6) is -1.83. The summed E-state index contributed by atoms with van der Waals surface area (Å²) >= 11 is 0. The summed E-state index contributed by atoms with van der Waals surface area (Å²) in [7, 11) is 0. The fourth-order valence-corrected chi connectivity index (χ4v) is 1.53. The molecule has 92 valence electrons. The molecule has 0 aromatic heterocycles. The highest BCUT2D eigenvalue weighted by atomic mass is 19.2. The van der Waals surface area contributed by atoms with Gasteiger partial charge >= 0.3 is 0 Å². The van der Waals surface area contributed by atoms with Crippen molar-refractivity contribution in [3.63, 3.8) is 0 Å². The molecule has 0 amide bonds. The Kier molecular flexibility index (Phi) is 3.37. The SMILES string of the molecule is Cc1cc(Oc2cccc(F)c2F)ccc1C=O. The van der Waals surface area contributed by atoms with Crippen LogP contribution in [0.3, 0.4) is 0 Å². The number of ether oxygens (including phenoxy) is 1. The Labute approximate surface area is 103 Å². The van der Waals surface area contributed by atoms with Crippen molar-refractivity contribution in [1.29, 1.82) is 0 Å². The van der Waals surface area contributed by atoms with Gasteiger partial charge in [-0.15, -0.1) is 0 Å². The van der Waals surface area contributed by atoms with Crippen LogP contribution < -0.4 is 4.74 Å². The summed E-state index contributed by atoms with van der Waals surface area (Å²) < 4.78 is 31.6. The van der Waals surface area contributed by atoms with E-state index in [-0.39, 0.29) is 5.75 Å². The predicted molar refractivity (Wildman–Crippen MR) is 63.0 cm³/mol. The van der Waals surface area contributed by atoms with Gasteiger partial charge in [-0.05, 0) is 42.8 Å². The molecule has 0 N–H and O–H groups in total. The maximum absolute atomic E-state index is 13.4. The zero-order chi connectivity index (χ0) is 13.1. The molecule has 0 spiro atoms. The number of rotatable bonds is 3. The number of carbonyl (C=O) groups is 1. The van der Waals surface area contributed by atoms with Gasteiger partial charge in [0.1, 0.15) is 12.0 Å². The summed E-state index contributed by atoms with van der Waals surface area (Å²) in [5.41, 5.74) is 1.24. The van der Waals surface area contributed by atoms with Crippen LogP contribution >= 0.6 is 0 Å². The molecule has 2 aromatic carbocycles. The van der Waals surface area contributed by atoms with Crippen LogP contribution in [0.15, 0.2) is 36.4 Å². The molecular weight excluding hydrogens is 238 g/mol. The van der Waals surface area contributed by atoms with Crippen LogP contribution in [-0.2, 0) is 0 Å². The van der Waals surface area contributed by atoms with Gasteiger partial charge in [-0.3, -0.25) is 4.79 Å². The molecule has 2 rings (SSSR count). The average molecular weight is 248 g/mol. The minimum Gasteiger partial charge on any atom is -0.454 e. The summed E-state index contributed by atoms with van der Waals surface area (Å²) in [5, 5.41) is 0. The van der Waals surface area contributed by atoms with Crippen LogP contribution in [-0.4, -0.2) is 6.29 Å². The van der Waals surface area contributed by atoms with Crippen molar-refractivity contribution in [2.75, 3.05) is 0 Å². The van der Waals surface area contributed by atoms with Gasteiger partial charge in [-0.25, -0.2) is 4.39 Å². The lowest BCUT2D eigenvalue weighted by Gasteiger charge is -2.08. The summed E-state index contributed by atoms with van der Waals surface area (Å²) in [6, 6.07) is 8.40. The van der Waals surface area contributed by atoms with Gasteiger partial charge in [0.25, 0.3) is 0 Å². The van der Waals surface area contributed by atoms with Crippen LogP contribution in [0.1, 0.15) is 15.9 Å². The van der Waals surface area contributed by atoms with Gasteiger partial charge in [-0.1, -0.05) is 6.07 Å². The Bertz CT molecular complexity index is 594. The lowest BCUT2D eigenvalue weighted by atomic mass is 10.1. The number of aldehydes is 1. The van der Waals surface area contributed by atoms with Gasteiger partial charge in [-0.2, -0.15) is 4.39 Å². The molecule has 2 aromatic rings. The van der Waals surface area contributed by atoms with Gasteiger partial charge in [0.15, 0.2) is 11.6 Å². The molecule has 0 aliphatic heterocycles. The van der Waals surface area contributed by atoms with Crippen molar-refractivity contribution < 1.29 is 18.3 Å². The third-order valence-corrected chi connectivity index (χ3v) is 2.51. The van der Waals surface area contributed by atoms with Crippen molar-refractivity contribution >= 4 is 6.29 Å². The van der Waals surface area contributed by atoms with Crippen LogP contribution in [0, 0.1) is 18.6 Å². The average Bonchev–Trinajstić information content (AvgIpc) is 2.35. The van der Waals surface area contributed by atoms with Gasteiger partial charge in [0.2, 0.25) is 5.82 Å². The molecule has 18 heavy (non-hydrogen) atoms. The monoisotopic (exact) mass is 248 g/mol. The number of benzene rings is 2. The van der Waals surface area contributed by atoms with E-state index in [0.717, 1.165) is 12.4 Å². The molecule has 0 saturated carbocycles. The van der Waals surface area contributed by atoms with E-state index in [0.29, 0.717) is 16.9 Å². The highest BCUT2D eigenvalue weighted by Crippen LogP contribution is 2.26. The van der Waals surface area contributed by atoms with E-state index >= 15 is 0 Å². The summed E-state index contributed by atoms with van der Waals surface area (Å²) in [6.07, 6.45) is 0.724. The number of carbonyl (C=O) groups excluding carboxylic acids is 1. The highest BCUT2D eigenvalue weighted by Gasteiger charge is 2.10. The van der Waals surface area contributed by atoms with Crippen LogP contribution in [0.5, 0.6) is 11.5 Å². The van der Waals surface area contributed by atoms with E-state index < -0.39 is 11.6 Å². The van der Waals surface area contributed by atoms with E-state index in [1.54, 1.807) is 19.1 Å². The zero-order valence-corrected chi connectivity index (χ0v) is 9.61. The Hall–Kier alpha value is -2.23. The Balaban J connectivity index is 2.31. The largest absolute Gasteiger partial charge is 0.454 e. The minimum atomic E-state index is -1.03. The molecule has 0 saturated heterocycles. The second-order valence-electron chi connectivity index (χ2n) is 3.79. The molecule has 0 unspecified atom stereocenters. The number of hydrogen-bond acceptors (Lipinski definition) is 2. The normalized spacial score (nSPS) is 10.2. The molecule has 0 bridgehead atoms. The smallest absolute Gasteiger partial charge is 0.201 e. The summed E-state index contributed by atoms with van der Waals surface area (Å²) in [6.45, 7) is 1.73. The summed E-state index contributed by atoms with van der Waals surface area (Å²) in [4.78, 5) is 10.6. The highest BCUT2D eigenvalue weighted by molar-refractivity contribution is 5.77. The molecule has 0 aliphatic rings. The number of halogens is 2.